The number of rotatable bonds is 2. The molecule has 1 aromatic carbocycles. The molecule has 5 heteroatoms. The van der Waals surface area contributed by atoms with Crippen LogP contribution in [0.15, 0.2) is 54.7 Å². The van der Waals surface area contributed by atoms with E-state index < -0.39 is 0 Å². The zero-order valence-corrected chi connectivity index (χ0v) is 14.6. The van der Waals surface area contributed by atoms with E-state index in [1.54, 1.807) is 0 Å². The molecule has 4 aromatic rings. The first-order chi connectivity index (χ1) is 12.8. The fraction of sp³-hybridized carbons (Fsp3) is 0.190. The summed E-state index contributed by atoms with van der Waals surface area (Å²) in [4.78, 5) is 9.16. The van der Waals surface area contributed by atoms with Gasteiger partial charge in [-0.15, -0.1) is 0 Å². The molecule has 0 saturated heterocycles. The van der Waals surface area contributed by atoms with Crippen LogP contribution < -0.4 is 5.32 Å². The highest BCUT2D eigenvalue weighted by Gasteiger charge is 2.23. The smallest absolute Gasteiger partial charge is 0.119 e. The Morgan fingerprint density at radius 1 is 1.08 bits per heavy atom. The molecule has 0 aliphatic carbocycles. The van der Waals surface area contributed by atoms with Crippen LogP contribution in [0.1, 0.15) is 11.4 Å². The Hall–Kier alpha value is -3.05. The van der Waals surface area contributed by atoms with Crippen LogP contribution in [0.2, 0.25) is 0 Å². The SMILES string of the molecule is Cc1cccc(-c2nn3c(c2-c2ccc4ncccc4c2)CNCC3)n1. The van der Waals surface area contributed by atoms with Crippen molar-refractivity contribution in [2.75, 3.05) is 6.54 Å². The highest BCUT2D eigenvalue weighted by molar-refractivity contribution is 5.89. The monoisotopic (exact) mass is 341 g/mol. The largest absolute Gasteiger partial charge is 0.309 e. The van der Waals surface area contributed by atoms with Crippen molar-refractivity contribution in [1.82, 2.24) is 25.1 Å². The van der Waals surface area contributed by atoms with E-state index in [0.717, 1.165) is 53.2 Å². The summed E-state index contributed by atoms with van der Waals surface area (Å²) >= 11 is 0. The van der Waals surface area contributed by atoms with Crippen molar-refractivity contribution >= 4 is 10.9 Å². The van der Waals surface area contributed by atoms with Gasteiger partial charge in [-0.2, -0.15) is 5.10 Å². The highest BCUT2D eigenvalue weighted by Crippen LogP contribution is 2.35. The van der Waals surface area contributed by atoms with Gasteiger partial charge in [0, 0.05) is 35.9 Å². The number of hydrogen-bond acceptors (Lipinski definition) is 4. The normalized spacial score (nSPS) is 13.7. The summed E-state index contributed by atoms with van der Waals surface area (Å²) in [6.07, 6.45) is 1.83. The lowest BCUT2D eigenvalue weighted by Gasteiger charge is -2.16. The minimum Gasteiger partial charge on any atom is -0.309 e. The van der Waals surface area contributed by atoms with E-state index in [0.29, 0.717) is 0 Å². The molecule has 1 aliphatic heterocycles. The van der Waals surface area contributed by atoms with Crippen LogP contribution in [0.25, 0.3) is 33.4 Å². The van der Waals surface area contributed by atoms with E-state index in [4.69, 9.17) is 10.1 Å². The standard InChI is InChI=1S/C21H19N5/c1-14-4-2-6-18(24-14)21-20(19-13-22-10-11-26(19)25-21)16-7-8-17-15(12-16)5-3-9-23-17/h2-9,12,22H,10-11,13H2,1H3. The fourth-order valence-electron chi connectivity index (χ4n) is 3.64. The summed E-state index contributed by atoms with van der Waals surface area (Å²) in [6.45, 7) is 4.65. The topological polar surface area (TPSA) is 55.6 Å². The molecular formula is C21H19N5. The minimum atomic E-state index is 0.819. The molecule has 1 N–H and O–H groups in total. The van der Waals surface area contributed by atoms with Gasteiger partial charge in [-0.1, -0.05) is 18.2 Å². The van der Waals surface area contributed by atoms with E-state index >= 15 is 0 Å². The van der Waals surface area contributed by atoms with Crippen LogP contribution in [0.3, 0.4) is 0 Å². The van der Waals surface area contributed by atoms with Gasteiger partial charge in [0.2, 0.25) is 0 Å². The maximum absolute atomic E-state index is 4.92. The number of aryl methyl sites for hydroxylation is 1. The maximum atomic E-state index is 4.92. The predicted molar refractivity (Wildman–Crippen MR) is 103 cm³/mol. The van der Waals surface area contributed by atoms with Gasteiger partial charge in [-0.25, -0.2) is 0 Å². The quantitative estimate of drug-likeness (QED) is 0.605. The molecule has 0 unspecified atom stereocenters. The molecule has 0 radical (unpaired) electrons. The zero-order valence-electron chi connectivity index (χ0n) is 14.6. The average molecular weight is 341 g/mol. The second-order valence-corrected chi connectivity index (χ2v) is 6.65. The van der Waals surface area contributed by atoms with Crippen LogP contribution in [-0.2, 0) is 13.1 Å². The zero-order chi connectivity index (χ0) is 17.5. The van der Waals surface area contributed by atoms with E-state index in [1.165, 1.54) is 11.3 Å². The number of pyridine rings is 2. The van der Waals surface area contributed by atoms with Crippen molar-refractivity contribution in [1.29, 1.82) is 0 Å². The summed E-state index contributed by atoms with van der Waals surface area (Å²) in [5.41, 5.74) is 7.43. The Kier molecular flexibility index (Phi) is 3.53. The van der Waals surface area contributed by atoms with Gasteiger partial charge < -0.3 is 5.32 Å². The number of nitrogens with one attached hydrogen (secondary N) is 1. The number of nitrogens with zero attached hydrogens (tertiary/aromatic N) is 4. The van der Waals surface area contributed by atoms with Crippen LogP contribution in [-0.4, -0.2) is 26.3 Å². The second-order valence-electron chi connectivity index (χ2n) is 6.65. The van der Waals surface area contributed by atoms with Crippen LogP contribution >= 0.6 is 0 Å². The highest BCUT2D eigenvalue weighted by atomic mass is 15.3. The molecule has 0 amide bonds. The summed E-state index contributed by atoms with van der Waals surface area (Å²) in [7, 11) is 0. The average Bonchev–Trinajstić information content (AvgIpc) is 3.07. The lowest BCUT2D eigenvalue weighted by atomic mass is 9.98. The summed E-state index contributed by atoms with van der Waals surface area (Å²) < 4.78 is 2.12. The number of hydrogen-bond donors (Lipinski definition) is 1. The van der Waals surface area contributed by atoms with E-state index in [9.17, 15) is 0 Å². The number of aromatic nitrogens is 4. The molecule has 0 atom stereocenters. The third-order valence-electron chi connectivity index (χ3n) is 4.87. The Labute approximate surface area is 151 Å². The molecule has 0 spiro atoms. The molecule has 3 aromatic heterocycles. The predicted octanol–water partition coefficient (Wildman–Crippen LogP) is 3.57. The van der Waals surface area contributed by atoms with Gasteiger partial charge >= 0.3 is 0 Å². The third-order valence-corrected chi connectivity index (χ3v) is 4.87. The Balaban J connectivity index is 1.77. The van der Waals surface area contributed by atoms with Gasteiger partial charge in [0.1, 0.15) is 5.69 Å². The summed E-state index contributed by atoms with van der Waals surface area (Å²) in [5, 5.41) is 9.52. The van der Waals surface area contributed by atoms with Gasteiger partial charge in [0.05, 0.1) is 23.4 Å². The maximum Gasteiger partial charge on any atom is 0.119 e. The second kappa shape index (κ2) is 6.04. The van der Waals surface area contributed by atoms with Crippen molar-refractivity contribution in [3.63, 3.8) is 0 Å². The van der Waals surface area contributed by atoms with Crippen LogP contribution in [0, 0.1) is 6.92 Å². The van der Waals surface area contributed by atoms with Gasteiger partial charge in [-0.05, 0) is 42.8 Å². The van der Waals surface area contributed by atoms with Gasteiger partial charge in [0.15, 0.2) is 0 Å². The fourth-order valence-corrected chi connectivity index (χ4v) is 3.64. The Morgan fingerprint density at radius 2 is 2.04 bits per heavy atom. The first-order valence-electron chi connectivity index (χ1n) is 8.89. The van der Waals surface area contributed by atoms with Gasteiger partial charge in [0.25, 0.3) is 0 Å². The Bertz CT molecular complexity index is 1110. The molecule has 0 fully saturated rings. The lowest BCUT2D eigenvalue weighted by Crippen LogP contribution is -2.28. The van der Waals surface area contributed by atoms with Crippen molar-refractivity contribution in [2.24, 2.45) is 0 Å². The summed E-state index contributed by atoms with van der Waals surface area (Å²) in [6, 6.07) is 16.6. The molecule has 4 heterocycles. The minimum absolute atomic E-state index is 0.819. The van der Waals surface area contributed by atoms with Gasteiger partial charge in [-0.3, -0.25) is 14.6 Å². The van der Waals surface area contributed by atoms with E-state index in [2.05, 4.69) is 39.2 Å². The van der Waals surface area contributed by atoms with Crippen molar-refractivity contribution in [3.05, 3.63) is 66.1 Å². The van der Waals surface area contributed by atoms with E-state index in [-0.39, 0.29) is 0 Å². The number of benzene rings is 1. The summed E-state index contributed by atoms with van der Waals surface area (Å²) in [5.74, 6) is 0. The number of fused-ring (bicyclic) bond motifs is 2. The van der Waals surface area contributed by atoms with Crippen molar-refractivity contribution in [2.45, 2.75) is 20.0 Å². The third kappa shape index (κ3) is 2.48. The Morgan fingerprint density at radius 3 is 2.96 bits per heavy atom. The van der Waals surface area contributed by atoms with Crippen LogP contribution in [0.4, 0.5) is 0 Å². The molecule has 5 rings (SSSR count). The molecule has 0 saturated carbocycles. The first-order valence-corrected chi connectivity index (χ1v) is 8.89. The van der Waals surface area contributed by atoms with Crippen molar-refractivity contribution in [3.8, 4) is 22.5 Å². The van der Waals surface area contributed by atoms with Crippen LogP contribution in [0.5, 0.6) is 0 Å². The van der Waals surface area contributed by atoms with Crippen molar-refractivity contribution < 1.29 is 0 Å². The molecule has 5 nitrogen and oxygen atoms in total. The van der Waals surface area contributed by atoms with E-state index in [1.807, 2.05) is 37.4 Å². The molecule has 0 bridgehead atoms. The molecular weight excluding hydrogens is 322 g/mol. The first kappa shape index (κ1) is 15.2. The molecule has 26 heavy (non-hydrogen) atoms. The lowest BCUT2D eigenvalue weighted by molar-refractivity contribution is 0.477. The molecule has 128 valence electrons. The molecule has 1 aliphatic rings.